The first-order valence-electron chi connectivity index (χ1n) is 35.7. The predicted octanol–water partition coefficient (Wildman–Crippen LogP) is 24.3. The molecule has 0 saturated carbocycles. The number of hydrogen-bond acceptors (Lipinski definition) is 6. The lowest BCUT2D eigenvalue weighted by Gasteiger charge is -2.34. The quantitative estimate of drug-likeness (QED) is 0.0637. The summed E-state index contributed by atoms with van der Waals surface area (Å²) in [6, 6.07) is 55.5. The number of phenolic OH excluding ortho intramolecular Hbond substituents is 2. The molecule has 0 radical (unpaired) electrons. The molecule has 2 aliphatic heterocycles. The van der Waals surface area contributed by atoms with Crippen LogP contribution in [-0.4, -0.2) is 33.8 Å². The lowest BCUT2D eigenvalue weighted by molar-refractivity contribution is 0.0877. The SMILES string of the molecule is CC(C)(C)CC(C)(C)c1ccc(-c2cc3c4c(cc(-c5ccc(C(C)(C)CC(C)(C)C)cc5)c5c6c(-c7ccc(C(C)(C)CC(C)(C)C)cc7)cc7c8c(cc(-c9ccc(C(C)(C)CC(C)(C)C)cc9)c(c2c45)c86)C(=O)N(c2ccc(O)cc2)C7=O)C(=O)N(c2ccc(O)cc2)C3=O)cc1. The van der Waals surface area contributed by atoms with Gasteiger partial charge in [0.15, 0.2) is 0 Å². The molecule has 0 fully saturated rings. The molecule has 13 rings (SSSR count). The van der Waals surface area contributed by atoms with Crippen LogP contribution in [0, 0.1) is 21.7 Å². The molecular weight excluding hydrogens is 1230 g/mol. The Bertz CT molecular complexity index is 4540. The van der Waals surface area contributed by atoms with Crippen molar-refractivity contribution in [1.82, 2.24) is 0 Å². The van der Waals surface area contributed by atoms with Gasteiger partial charge in [0, 0.05) is 43.8 Å². The van der Waals surface area contributed by atoms with Gasteiger partial charge in [0.25, 0.3) is 23.6 Å². The summed E-state index contributed by atoms with van der Waals surface area (Å²) in [6.45, 7) is 45.6. The Balaban J connectivity index is 1.28. The Morgan fingerprint density at radius 2 is 0.430 bits per heavy atom. The second-order valence-electron chi connectivity index (χ2n) is 36.6. The van der Waals surface area contributed by atoms with Crippen LogP contribution in [0.1, 0.15) is 228 Å². The molecule has 2 aliphatic rings. The highest BCUT2D eigenvalue weighted by Crippen LogP contribution is 2.58. The predicted molar refractivity (Wildman–Crippen MR) is 416 cm³/mol. The van der Waals surface area contributed by atoms with Crippen LogP contribution in [0.2, 0.25) is 0 Å². The number of aromatic hydroxyl groups is 2. The van der Waals surface area contributed by atoms with Gasteiger partial charge in [-0.1, -0.05) is 236 Å². The average molecular weight is 1330 g/mol. The van der Waals surface area contributed by atoms with E-state index in [-0.39, 0.29) is 54.8 Å². The van der Waals surface area contributed by atoms with E-state index >= 15 is 19.2 Å². The van der Waals surface area contributed by atoms with E-state index in [1.54, 1.807) is 24.3 Å². The van der Waals surface area contributed by atoms with Crippen molar-refractivity contribution in [2.75, 3.05) is 9.80 Å². The maximum atomic E-state index is 16.3. The Morgan fingerprint density at radius 3 is 0.610 bits per heavy atom. The number of carbonyl (C=O) groups excluding carboxylic acids is 4. The highest BCUT2D eigenvalue weighted by molar-refractivity contribution is 6.50. The number of amides is 4. The lowest BCUT2D eigenvalue weighted by Crippen LogP contribution is -2.40. The number of carbonyl (C=O) groups is 4. The van der Waals surface area contributed by atoms with Crippen molar-refractivity contribution in [2.45, 2.75) is 186 Å². The standard InChI is InChI=1S/C92H98N2O6/c1-85(2,3)49-89(13,14)57-29-21-53(22-30-57)65-45-69-73-70(82(98)93(81(69)97)61-37-41-63(95)42-38-61)47-67(55-25-33-59(34-26-55)91(17,18)51-87(7,8)9)77-78-68(56-27-35-60(36-28-56)92(19,20)52-88(10,11)12)48-72-74-71(83(99)94(84(72)100)62-39-43-64(96)44-40-62)46-66(76(80(74)78)75(65)79(73)77)54-23-31-58(32-24-54)90(15,16)50-86(4,5)6/h21-48,95-96H,49-52H2,1-20H3. The van der Waals surface area contributed by atoms with Crippen molar-refractivity contribution < 1.29 is 29.4 Å². The van der Waals surface area contributed by atoms with Crippen molar-refractivity contribution in [3.05, 3.63) is 214 Å². The monoisotopic (exact) mass is 1330 g/mol. The van der Waals surface area contributed by atoms with Crippen LogP contribution >= 0.6 is 0 Å². The Kier molecular flexibility index (Phi) is 16.3. The third-order valence-corrected chi connectivity index (χ3v) is 21.1. The van der Waals surface area contributed by atoms with Crippen molar-refractivity contribution in [2.24, 2.45) is 21.7 Å². The third-order valence-electron chi connectivity index (χ3n) is 21.1. The van der Waals surface area contributed by atoms with E-state index < -0.39 is 23.6 Å². The number of rotatable bonds is 14. The summed E-state index contributed by atoms with van der Waals surface area (Å²) in [4.78, 5) is 67.5. The van der Waals surface area contributed by atoms with Crippen LogP contribution in [0.4, 0.5) is 11.4 Å². The molecule has 11 aromatic rings. The van der Waals surface area contributed by atoms with E-state index in [0.717, 1.165) is 114 Å². The highest BCUT2D eigenvalue weighted by atomic mass is 16.3. The molecule has 512 valence electrons. The number of hydrogen-bond donors (Lipinski definition) is 2. The molecule has 2 N–H and O–H groups in total. The average Bonchev–Trinajstić information content (AvgIpc) is 0.667. The van der Waals surface area contributed by atoms with E-state index in [2.05, 4.69) is 236 Å². The summed E-state index contributed by atoms with van der Waals surface area (Å²) in [7, 11) is 0. The van der Waals surface area contributed by atoms with E-state index in [1.807, 2.05) is 24.3 Å². The number of fused-ring (bicyclic) bond motifs is 2. The molecule has 2 heterocycles. The minimum Gasteiger partial charge on any atom is -0.508 e. The van der Waals surface area contributed by atoms with Gasteiger partial charge in [0.05, 0.1) is 11.4 Å². The molecule has 0 saturated heterocycles. The lowest BCUT2D eigenvalue weighted by atomic mass is 9.71. The molecule has 0 unspecified atom stereocenters. The van der Waals surface area contributed by atoms with Crippen LogP contribution in [0.5, 0.6) is 11.5 Å². The number of phenols is 2. The second kappa shape index (κ2) is 23.6. The van der Waals surface area contributed by atoms with Crippen LogP contribution in [0.15, 0.2) is 170 Å². The third kappa shape index (κ3) is 12.4. The molecule has 0 atom stereocenters. The molecule has 0 spiro atoms. The summed E-state index contributed by atoms with van der Waals surface area (Å²) in [5, 5.41) is 26.9. The van der Waals surface area contributed by atoms with Gasteiger partial charge < -0.3 is 10.2 Å². The Morgan fingerprint density at radius 1 is 0.240 bits per heavy atom. The molecule has 0 bridgehead atoms. The second-order valence-corrected chi connectivity index (χ2v) is 36.6. The summed E-state index contributed by atoms with van der Waals surface area (Å²) in [5.74, 6) is -2.03. The van der Waals surface area contributed by atoms with Gasteiger partial charge in [-0.05, 0) is 230 Å². The zero-order valence-corrected chi connectivity index (χ0v) is 62.4. The van der Waals surface area contributed by atoms with Gasteiger partial charge in [-0.15, -0.1) is 0 Å². The number of nitrogens with zero attached hydrogens (tertiary/aromatic N) is 2. The van der Waals surface area contributed by atoms with Crippen LogP contribution in [0.25, 0.3) is 87.6 Å². The summed E-state index contributed by atoms with van der Waals surface area (Å²) < 4.78 is 0. The highest BCUT2D eigenvalue weighted by Gasteiger charge is 2.43. The van der Waals surface area contributed by atoms with Gasteiger partial charge in [0.2, 0.25) is 0 Å². The maximum Gasteiger partial charge on any atom is 0.266 e. The fourth-order valence-electron chi connectivity index (χ4n) is 18.4. The molecule has 4 amide bonds. The molecule has 8 nitrogen and oxygen atoms in total. The fraction of sp³-hybridized carbons (Fsp3) is 0.348. The first kappa shape index (κ1) is 69.1. The minimum atomic E-state index is -0.507. The van der Waals surface area contributed by atoms with Gasteiger partial charge in [-0.3, -0.25) is 19.2 Å². The molecule has 11 aromatic carbocycles. The topological polar surface area (TPSA) is 115 Å². The fourth-order valence-corrected chi connectivity index (χ4v) is 18.4. The Hall–Kier alpha value is -9.40. The molecule has 100 heavy (non-hydrogen) atoms. The number of imide groups is 2. The maximum absolute atomic E-state index is 16.3. The zero-order chi connectivity index (χ0) is 72.3. The molecular formula is C92H98N2O6. The zero-order valence-electron chi connectivity index (χ0n) is 62.4. The van der Waals surface area contributed by atoms with Crippen molar-refractivity contribution >= 4 is 78.1 Å². The summed E-state index contributed by atoms with van der Waals surface area (Å²) in [5.41, 5.74) is 12.2. The largest absolute Gasteiger partial charge is 0.508 e. The van der Waals surface area contributed by atoms with Crippen LogP contribution in [-0.2, 0) is 21.7 Å². The molecule has 0 aromatic heterocycles. The molecule has 8 heteroatoms. The first-order chi connectivity index (χ1) is 46.5. The van der Waals surface area contributed by atoms with E-state index in [4.69, 9.17) is 0 Å². The summed E-state index contributed by atoms with van der Waals surface area (Å²) in [6.07, 6.45) is 3.69. The van der Waals surface area contributed by atoms with Crippen molar-refractivity contribution in [3.8, 4) is 56.0 Å². The molecule has 0 aliphatic carbocycles. The van der Waals surface area contributed by atoms with E-state index in [9.17, 15) is 10.2 Å². The summed E-state index contributed by atoms with van der Waals surface area (Å²) >= 11 is 0. The Labute approximate surface area is 591 Å². The normalized spacial score (nSPS) is 14.5. The number of anilines is 2. The van der Waals surface area contributed by atoms with Gasteiger partial charge in [-0.25, -0.2) is 9.80 Å². The van der Waals surface area contributed by atoms with E-state index in [0.29, 0.717) is 55.2 Å². The van der Waals surface area contributed by atoms with Crippen molar-refractivity contribution in [1.29, 1.82) is 0 Å². The van der Waals surface area contributed by atoms with Crippen LogP contribution < -0.4 is 9.80 Å². The first-order valence-corrected chi connectivity index (χ1v) is 35.7. The van der Waals surface area contributed by atoms with E-state index in [1.165, 1.54) is 34.1 Å². The van der Waals surface area contributed by atoms with Gasteiger partial charge >= 0.3 is 0 Å². The van der Waals surface area contributed by atoms with Gasteiger partial charge in [-0.2, -0.15) is 0 Å². The van der Waals surface area contributed by atoms with Gasteiger partial charge in [0.1, 0.15) is 11.5 Å². The number of benzene rings is 11. The van der Waals surface area contributed by atoms with Crippen LogP contribution in [0.3, 0.4) is 0 Å². The smallest absolute Gasteiger partial charge is 0.266 e. The van der Waals surface area contributed by atoms with Crippen molar-refractivity contribution in [3.63, 3.8) is 0 Å². The minimum absolute atomic E-state index is 0.000752.